The van der Waals surface area contributed by atoms with Gasteiger partial charge in [-0.1, -0.05) is 0 Å². The largest absolute Gasteiger partial charge is 0.481 e. The van der Waals surface area contributed by atoms with Crippen LogP contribution >= 0.6 is 0 Å². The highest BCUT2D eigenvalue weighted by Gasteiger charge is 2.33. The van der Waals surface area contributed by atoms with E-state index >= 15 is 0 Å². The summed E-state index contributed by atoms with van der Waals surface area (Å²) in [5.41, 5.74) is -0.854. The normalized spacial score (nSPS) is 18.7. The summed E-state index contributed by atoms with van der Waals surface area (Å²) in [6.07, 6.45) is 0.228. The van der Waals surface area contributed by atoms with Crippen LogP contribution in [0.5, 0.6) is 0 Å². The summed E-state index contributed by atoms with van der Waals surface area (Å²) in [6.45, 7) is -0.00349. The predicted molar refractivity (Wildman–Crippen MR) is 58.0 cm³/mol. The maximum atomic E-state index is 13.4. The van der Waals surface area contributed by atoms with Crippen LogP contribution in [0.25, 0.3) is 0 Å². The standard InChI is InChI=1S/C12H10F3NO3/c13-7-3-8(14)10(9(15)4-7)11(17)16-2-1-6(5-16)12(18)19/h3-4,6H,1-2,5H2,(H,18,19). The molecule has 0 spiro atoms. The molecule has 1 heterocycles. The van der Waals surface area contributed by atoms with Gasteiger partial charge in [0.25, 0.3) is 5.91 Å². The Kier molecular flexibility index (Phi) is 3.46. The van der Waals surface area contributed by atoms with Crippen LogP contribution in [0.1, 0.15) is 16.8 Å². The fraction of sp³-hybridized carbons (Fsp3) is 0.333. The summed E-state index contributed by atoms with van der Waals surface area (Å²) >= 11 is 0. The molecule has 7 heteroatoms. The Hall–Kier alpha value is -2.05. The van der Waals surface area contributed by atoms with E-state index in [0.29, 0.717) is 12.1 Å². The lowest BCUT2D eigenvalue weighted by Gasteiger charge is -2.16. The van der Waals surface area contributed by atoms with Gasteiger partial charge in [-0.25, -0.2) is 13.2 Å². The van der Waals surface area contributed by atoms with Gasteiger partial charge in [0.2, 0.25) is 0 Å². The van der Waals surface area contributed by atoms with Gasteiger partial charge >= 0.3 is 5.97 Å². The first-order chi connectivity index (χ1) is 8.90. The molecule has 1 fully saturated rings. The van der Waals surface area contributed by atoms with Crippen molar-refractivity contribution in [3.8, 4) is 0 Å². The highest BCUT2D eigenvalue weighted by Crippen LogP contribution is 2.22. The second kappa shape index (κ2) is 4.91. The van der Waals surface area contributed by atoms with E-state index in [9.17, 15) is 22.8 Å². The SMILES string of the molecule is O=C(O)C1CCN(C(=O)c2c(F)cc(F)cc2F)C1. The van der Waals surface area contributed by atoms with Crippen molar-refractivity contribution in [1.29, 1.82) is 0 Å². The molecule has 4 nitrogen and oxygen atoms in total. The summed E-state index contributed by atoms with van der Waals surface area (Å²) in [6, 6.07) is 0.835. The number of halogens is 3. The number of carboxylic acid groups (broad SMARTS) is 1. The van der Waals surface area contributed by atoms with E-state index in [1.165, 1.54) is 0 Å². The first kappa shape index (κ1) is 13.4. The van der Waals surface area contributed by atoms with E-state index in [1.807, 2.05) is 0 Å². The van der Waals surface area contributed by atoms with Crippen molar-refractivity contribution in [3.05, 3.63) is 35.1 Å². The Morgan fingerprint density at radius 3 is 2.26 bits per heavy atom. The minimum Gasteiger partial charge on any atom is -0.481 e. The zero-order chi connectivity index (χ0) is 14.2. The van der Waals surface area contributed by atoms with Gasteiger partial charge in [0, 0.05) is 25.2 Å². The van der Waals surface area contributed by atoms with Crippen LogP contribution in [-0.2, 0) is 4.79 Å². The maximum absolute atomic E-state index is 13.4. The highest BCUT2D eigenvalue weighted by molar-refractivity contribution is 5.95. The number of aliphatic carboxylic acids is 1. The lowest BCUT2D eigenvalue weighted by molar-refractivity contribution is -0.141. The molecule has 102 valence electrons. The van der Waals surface area contributed by atoms with Gasteiger partial charge in [-0.2, -0.15) is 0 Å². The summed E-state index contributed by atoms with van der Waals surface area (Å²) in [5.74, 6) is -6.46. The van der Waals surface area contributed by atoms with E-state index in [2.05, 4.69) is 0 Å². The quantitative estimate of drug-likeness (QED) is 0.891. The molecule has 0 bridgehead atoms. The summed E-state index contributed by atoms with van der Waals surface area (Å²) < 4.78 is 39.6. The van der Waals surface area contributed by atoms with Gasteiger partial charge in [-0.15, -0.1) is 0 Å². The van der Waals surface area contributed by atoms with E-state index < -0.39 is 40.8 Å². The van der Waals surface area contributed by atoms with Crippen molar-refractivity contribution < 1.29 is 27.9 Å². The van der Waals surface area contributed by atoms with Crippen molar-refractivity contribution in [1.82, 2.24) is 4.90 Å². The second-order valence-corrected chi connectivity index (χ2v) is 4.32. The molecule has 1 aromatic rings. The van der Waals surface area contributed by atoms with E-state index in [1.54, 1.807) is 0 Å². The van der Waals surface area contributed by atoms with Crippen LogP contribution in [0, 0.1) is 23.4 Å². The molecule has 1 amide bonds. The van der Waals surface area contributed by atoms with Crippen molar-refractivity contribution in [2.24, 2.45) is 5.92 Å². The molecular weight excluding hydrogens is 263 g/mol. The van der Waals surface area contributed by atoms with Gasteiger partial charge in [0.1, 0.15) is 23.0 Å². The monoisotopic (exact) mass is 273 g/mol. The number of nitrogens with zero attached hydrogens (tertiary/aromatic N) is 1. The molecule has 19 heavy (non-hydrogen) atoms. The number of likely N-dealkylation sites (tertiary alicyclic amines) is 1. The molecule has 1 unspecified atom stereocenters. The summed E-state index contributed by atoms with van der Waals surface area (Å²) in [7, 11) is 0. The molecule has 1 aliphatic rings. The topological polar surface area (TPSA) is 57.6 Å². The molecular formula is C12H10F3NO3. The molecule has 1 aromatic carbocycles. The van der Waals surface area contributed by atoms with Crippen LogP contribution in [0.2, 0.25) is 0 Å². The highest BCUT2D eigenvalue weighted by atomic mass is 19.1. The lowest BCUT2D eigenvalue weighted by atomic mass is 10.1. The zero-order valence-corrected chi connectivity index (χ0v) is 9.70. The van der Waals surface area contributed by atoms with Crippen LogP contribution in [0.15, 0.2) is 12.1 Å². The molecule has 0 saturated carbocycles. The first-order valence-corrected chi connectivity index (χ1v) is 5.56. The Balaban J connectivity index is 2.24. The third kappa shape index (κ3) is 2.54. The van der Waals surface area contributed by atoms with E-state index in [4.69, 9.17) is 5.11 Å². The number of hydrogen-bond acceptors (Lipinski definition) is 2. The number of amides is 1. The van der Waals surface area contributed by atoms with Crippen molar-refractivity contribution in [2.75, 3.05) is 13.1 Å². The number of carboxylic acids is 1. The number of rotatable bonds is 2. The fourth-order valence-electron chi connectivity index (χ4n) is 2.05. The van der Waals surface area contributed by atoms with Gasteiger partial charge in [-0.05, 0) is 6.42 Å². The van der Waals surface area contributed by atoms with Crippen LogP contribution in [-0.4, -0.2) is 35.0 Å². The lowest BCUT2D eigenvalue weighted by Crippen LogP contribution is -2.31. The minimum atomic E-state index is -1.29. The molecule has 0 aliphatic carbocycles. The molecule has 1 saturated heterocycles. The number of carbonyl (C=O) groups excluding carboxylic acids is 1. The number of hydrogen-bond donors (Lipinski definition) is 1. The van der Waals surface area contributed by atoms with Crippen LogP contribution in [0.4, 0.5) is 13.2 Å². The number of benzene rings is 1. The molecule has 0 radical (unpaired) electrons. The fourth-order valence-corrected chi connectivity index (χ4v) is 2.05. The molecule has 0 aromatic heterocycles. The third-order valence-electron chi connectivity index (χ3n) is 3.05. The predicted octanol–water partition coefficient (Wildman–Crippen LogP) is 1.65. The molecule has 1 aliphatic heterocycles. The van der Waals surface area contributed by atoms with Gasteiger partial charge < -0.3 is 10.0 Å². The van der Waals surface area contributed by atoms with E-state index in [-0.39, 0.29) is 19.5 Å². The average molecular weight is 273 g/mol. The average Bonchev–Trinajstić information content (AvgIpc) is 2.76. The van der Waals surface area contributed by atoms with Crippen molar-refractivity contribution >= 4 is 11.9 Å². The Bertz CT molecular complexity index is 524. The Morgan fingerprint density at radius 1 is 1.21 bits per heavy atom. The molecule has 1 atom stereocenters. The van der Waals surface area contributed by atoms with Gasteiger partial charge in [0.05, 0.1) is 5.92 Å². The Morgan fingerprint density at radius 2 is 1.79 bits per heavy atom. The second-order valence-electron chi connectivity index (χ2n) is 4.32. The summed E-state index contributed by atoms with van der Waals surface area (Å²) in [4.78, 5) is 23.7. The van der Waals surface area contributed by atoms with Crippen molar-refractivity contribution in [3.63, 3.8) is 0 Å². The summed E-state index contributed by atoms with van der Waals surface area (Å²) in [5, 5.41) is 8.79. The Labute approximate surface area is 106 Å². The molecule has 2 rings (SSSR count). The minimum absolute atomic E-state index is 0.103. The first-order valence-electron chi connectivity index (χ1n) is 5.56. The van der Waals surface area contributed by atoms with Crippen molar-refractivity contribution in [2.45, 2.75) is 6.42 Å². The van der Waals surface area contributed by atoms with Crippen LogP contribution in [0.3, 0.4) is 0 Å². The number of carbonyl (C=O) groups is 2. The van der Waals surface area contributed by atoms with E-state index in [0.717, 1.165) is 4.90 Å². The molecule has 1 N–H and O–H groups in total. The van der Waals surface area contributed by atoms with Crippen LogP contribution < -0.4 is 0 Å². The smallest absolute Gasteiger partial charge is 0.308 e. The van der Waals surface area contributed by atoms with Gasteiger partial charge in [-0.3, -0.25) is 9.59 Å². The zero-order valence-electron chi connectivity index (χ0n) is 9.70. The third-order valence-corrected chi connectivity index (χ3v) is 3.05. The van der Waals surface area contributed by atoms with Gasteiger partial charge in [0.15, 0.2) is 0 Å². The maximum Gasteiger partial charge on any atom is 0.308 e.